The standard InChI is InChI=1S/C18H21N3O4S2/c1-27(23,24)21-13-4-2-3-5-15(13)25-17-9-8-16(26-17)18(22)20-14-10-11-6-7-12(14)19-11/h2-5,8-9,11-12,14,19,21H,6-7,10H2,1H3,(H,20,22). The molecule has 2 aliphatic heterocycles. The van der Waals surface area contributed by atoms with Gasteiger partial charge in [-0.15, -0.1) is 0 Å². The lowest BCUT2D eigenvalue weighted by atomic mass is 9.95. The average Bonchev–Trinajstić information content (AvgIpc) is 3.32. The summed E-state index contributed by atoms with van der Waals surface area (Å²) < 4.78 is 31.2. The fourth-order valence-corrected chi connectivity index (χ4v) is 5.01. The van der Waals surface area contributed by atoms with Crippen molar-refractivity contribution in [1.82, 2.24) is 10.6 Å². The number of sulfonamides is 1. The Morgan fingerprint density at radius 2 is 2.04 bits per heavy atom. The lowest BCUT2D eigenvalue weighted by Gasteiger charge is -2.20. The second-order valence-electron chi connectivity index (χ2n) is 6.95. The van der Waals surface area contributed by atoms with Crippen molar-refractivity contribution in [2.24, 2.45) is 0 Å². The van der Waals surface area contributed by atoms with Crippen molar-refractivity contribution in [3.8, 4) is 10.8 Å². The Kier molecular flexibility index (Phi) is 4.83. The Labute approximate surface area is 162 Å². The van der Waals surface area contributed by atoms with Crippen LogP contribution in [0.2, 0.25) is 0 Å². The van der Waals surface area contributed by atoms with Gasteiger partial charge in [0.15, 0.2) is 10.8 Å². The predicted molar refractivity (Wildman–Crippen MR) is 105 cm³/mol. The van der Waals surface area contributed by atoms with Crippen LogP contribution in [0.25, 0.3) is 0 Å². The van der Waals surface area contributed by atoms with Gasteiger partial charge in [-0.2, -0.15) is 0 Å². The SMILES string of the molecule is CS(=O)(=O)Nc1ccccc1Oc1ccc(C(=O)NC2CC3CCC2N3)s1. The zero-order valence-corrected chi connectivity index (χ0v) is 16.4. The molecule has 2 aromatic rings. The van der Waals surface area contributed by atoms with E-state index in [1.807, 2.05) is 0 Å². The second-order valence-corrected chi connectivity index (χ2v) is 9.75. The third-order valence-electron chi connectivity index (χ3n) is 4.81. The molecule has 2 fully saturated rings. The number of rotatable bonds is 6. The van der Waals surface area contributed by atoms with E-state index in [1.165, 1.54) is 17.8 Å². The van der Waals surface area contributed by atoms with E-state index < -0.39 is 10.0 Å². The maximum absolute atomic E-state index is 12.5. The molecule has 27 heavy (non-hydrogen) atoms. The van der Waals surface area contributed by atoms with Crippen LogP contribution >= 0.6 is 11.3 Å². The highest BCUT2D eigenvalue weighted by atomic mass is 32.2. The van der Waals surface area contributed by atoms with Gasteiger partial charge in [0.2, 0.25) is 10.0 Å². The lowest BCUT2D eigenvalue weighted by Crippen LogP contribution is -2.42. The van der Waals surface area contributed by atoms with Gasteiger partial charge in [-0.25, -0.2) is 8.42 Å². The Morgan fingerprint density at radius 1 is 1.22 bits per heavy atom. The summed E-state index contributed by atoms with van der Waals surface area (Å²) in [5.41, 5.74) is 0.354. The molecule has 4 rings (SSSR count). The van der Waals surface area contributed by atoms with E-state index in [0.717, 1.165) is 19.1 Å². The van der Waals surface area contributed by atoms with Crippen LogP contribution in [0.4, 0.5) is 5.69 Å². The maximum Gasteiger partial charge on any atom is 0.261 e. The number of benzene rings is 1. The molecule has 0 spiro atoms. The molecule has 3 atom stereocenters. The van der Waals surface area contributed by atoms with Crippen LogP contribution in [0, 0.1) is 0 Å². The first-order valence-corrected chi connectivity index (χ1v) is 11.5. The molecule has 3 unspecified atom stereocenters. The van der Waals surface area contributed by atoms with Crippen molar-refractivity contribution >= 4 is 33.0 Å². The van der Waals surface area contributed by atoms with Gasteiger partial charge in [0, 0.05) is 18.1 Å². The van der Waals surface area contributed by atoms with Crippen LogP contribution < -0.4 is 20.1 Å². The minimum absolute atomic E-state index is 0.100. The number of carbonyl (C=O) groups is 1. The molecule has 1 aromatic heterocycles. The number of carbonyl (C=O) groups excluding carboxylic acids is 1. The molecule has 1 amide bonds. The molecule has 2 saturated heterocycles. The number of anilines is 1. The molecule has 2 aliphatic rings. The average molecular weight is 408 g/mol. The van der Waals surface area contributed by atoms with E-state index in [4.69, 9.17) is 4.74 Å². The first-order valence-electron chi connectivity index (χ1n) is 8.79. The molecule has 0 radical (unpaired) electrons. The van der Waals surface area contributed by atoms with Gasteiger partial charge in [0.1, 0.15) is 0 Å². The van der Waals surface area contributed by atoms with Crippen molar-refractivity contribution in [3.05, 3.63) is 41.3 Å². The number of hydrogen-bond acceptors (Lipinski definition) is 6. The molecule has 2 bridgehead atoms. The van der Waals surface area contributed by atoms with Crippen molar-refractivity contribution in [2.75, 3.05) is 11.0 Å². The molecular formula is C18H21N3O4S2. The molecule has 3 heterocycles. The monoisotopic (exact) mass is 407 g/mol. The molecule has 144 valence electrons. The summed E-state index contributed by atoms with van der Waals surface area (Å²) in [5.74, 6) is 0.283. The smallest absolute Gasteiger partial charge is 0.261 e. The quantitative estimate of drug-likeness (QED) is 0.684. The molecule has 0 saturated carbocycles. The Morgan fingerprint density at radius 3 is 2.74 bits per heavy atom. The third kappa shape index (κ3) is 4.26. The van der Waals surface area contributed by atoms with Crippen molar-refractivity contribution < 1.29 is 17.9 Å². The summed E-state index contributed by atoms with van der Waals surface area (Å²) in [6.07, 6.45) is 4.37. The van der Waals surface area contributed by atoms with Gasteiger partial charge in [-0.3, -0.25) is 9.52 Å². The number of nitrogens with one attached hydrogen (secondary N) is 3. The number of fused-ring (bicyclic) bond motifs is 2. The van der Waals surface area contributed by atoms with Gasteiger partial charge in [-0.1, -0.05) is 23.5 Å². The molecule has 9 heteroatoms. The minimum Gasteiger partial charge on any atom is -0.444 e. The first kappa shape index (κ1) is 18.3. The van der Waals surface area contributed by atoms with Crippen molar-refractivity contribution in [2.45, 2.75) is 37.4 Å². The summed E-state index contributed by atoms with van der Waals surface area (Å²) in [7, 11) is -3.41. The summed E-state index contributed by atoms with van der Waals surface area (Å²) in [6, 6.07) is 11.3. The number of ether oxygens (including phenoxy) is 1. The summed E-state index contributed by atoms with van der Waals surface area (Å²) >= 11 is 1.23. The van der Waals surface area contributed by atoms with Crippen LogP contribution in [0.5, 0.6) is 10.8 Å². The van der Waals surface area contributed by atoms with Crippen molar-refractivity contribution in [3.63, 3.8) is 0 Å². The van der Waals surface area contributed by atoms with Crippen LogP contribution in [0.1, 0.15) is 28.9 Å². The van der Waals surface area contributed by atoms with E-state index >= 15 is 0 Å². The van der Waals surface area contributed by atoms with Gasteiger partial charge in [0.05, 0.1) is 16.8 Å². The number of thiophene rings is 1. The van der Waals surface area contributed by atoms with E-state index in [-0.39, 0.29) is 11.9 Å². The summed E-state index contributed by atoms with van der Waals surface area (Å²) in [4.78, 5) is 13.1. The molecule has 1 aromatic carbocycles. The Balaban J connectivity index is 1.43. The largest absolute Gasteiger partial charge is 0.444 e. The first-order chi connectivity index (χ1) is 12.9. The minimum atomic E-state index is -3.41. The predicted octanol–water partition coefficient (Wildman–Crippen LogP) is 2.53. The Hall–Kier alpha value is -2.10. The summed E-state index contributed by atoms with van der Waals surface area (Å²) in [5, 5.41) is 7.14. The normalized spacial score (nSPS) is 24.0. The van der Waals surface area contributed by atoms with Crippen molar-refractivity contribution in [1.29, 1.82) is 0 Å². The van der Waals surface area contributed by atoms with E-state index in [9.17, 15) is 13.2 Å². The zero-order valence-electron chi connectivity index (χ0n) is 14.8. The van der Waals surface area contributed by atoms with Crippen LogP contribution in [-0.4, -0.2) is 38.7 Å². The highest BCUT2D eigenvalue weighted by Gasteiger charge is 2.39. The van der Waals surface area contributed by atoms with Crippen LogP contribution in [0.15, 0.2) is 36.4 Å². The highest BCUT2D eigenvalue weighted by molar-refractivity contribution is 7.92. The lowest BCUT2D eigenvalue weighted by molar-refractivity contribution is 0.0935. The Bertz CT molecular complexity index is 957. The molecule has 0 aliphatic carbocycles. The summed E-state index contributed by atoms with van der Waals surface area (Å²) in [6.45, 7) is 0. The second kappa shape index (κ2) is 7.14. The molecule has 3 N–H and O–H groups in total. The van der Waals surface area contributed by atoms with Gasteiger partial charge in [0.25, 0.3) is 5.91 Å². The number of para-hydroxylation sites is 2. The maximum atomic E-state index is 12.5. The van der Waals surface area contributed by atoms with Gasteiger partial charge < -0.3 is 15.4 Å². The zero-order chi connectivity index (χ0) is 19.0. The molecular weight excluding hydrogens is 386 g/mol. The number of amides is 1. The van der Waals surface area contributed by atoms with E-state index in [0.29, 0.717) is 33.5 Å². The van der Waals surface area contributed by atoms with E-state index in [1.54, 1.807) is 36.4 Å². The topological polar surface area (TPSA) is 96.5 Å². The fourth-order valence-electron chi connectivity index (χ4n) is 3.67. The van der Waals surface area contributed by atoms with Gasteiger partial charge >= 0.3 is 0 Å². The fraction of sp³-hybridized carbons (Fsp3) is 0.389. The molecule has 7 nitrogen and oxygen atoms in total. The van der Waals surface area contributed by atoms with E-state index in [2.05, 4.69) is 15.4 Å². The highest BCUT2D eigenvalue weighted by Crippen LogP contribution is 2.34. The van der Waals surface area contributed by atoms with Crippen LogP contribution in [-0.2, 0) is 10.0 Å². The number of hydrogen-bond donors (Lipinski definition) is 3. The van der Waals surface area contributed by atoms with Gasteiger partial charge in [-0.05, 0) is 43.5 Å². The van der Waals surface area contributed by atoms with Crippen LogP contribution in [0.3, 0.4) is 0 Å². The third-order valence-corrected chi connectivity index (χ3v) is 6.37.